The summed E-state index contributed by atoms with van der Waals surface area (Å²) < 4.78 is 40.6. The first kappa shape index (κ1) is 15.3. The number of aryl methyl sites for hydroxylation is 2. The van der Waals surface area contributed by atoms with E-state index in [1.165, 1.54) is 24.3 Å². The van der Waals surface area contributed by atoms with E-state index in [-0.39, 0.29) is 4.90 Å². The van der Waals surface area contributed by atoms with E-state index < -0.39 is 15.8 Å². The Kier molecular flexibility index (Phi) is 3.91. The first-order valence-electron chi connectivity index (χ1n) is 6.36. The van der Waals surface area contributed by atoms with E-state index in [1.807, 2.05) is 0 Å². The zero-order valence-electron chi connectivity index (χ0n) is 12.1. The Morgan fingerprint density at radius 2 is 1.71 bits per heavy atom. The van der Waals surface area contributed by atoms with Gasteiger partial charge in [0.15, 0.2) is 0 Å². The van der Waals surface area contributed by atoms with E-state index in [9.17, 15) is 12.8 Å². The lowest BCUT2D eigenvalue weighted by atomic mass is 10.1. The van der Waals surface area contributed by atoms with Gasteiger partial charge in [0.2, 0.25) is 0 Å². The highest BCUT2D eigenvalue weighted by atomic mass is 32.2. The topological polar surface area (TPSA) is 72.2 Å². The highest BCUT2D eigenvalue weighted by Gasteiger charge is 2.19. The van der Waals surface area contributed by atoms with Gasteiger partial charge in [0.1, 0.15) is 5.82 Å². The molecule has 0 saturated heterocycles. The second-order valence-electron chi connectivity index (χ2n) is 5.03. The van der Waals surface area contributed by atoms with Crippen LogP contribution in [0.4, 0.5) is 15.8 Å². The standard InChI is InChI=1S/C15H17FN2O2S/c1-9-7-13(17)8-15(11(9)3)21(19,20)18-14-5-4-12(16)6-10(14)2/h4-8,18H,17H2,1-3H3. The average molecular weight is 308 g/mol. The molecular weight excluding hydrogens is 291 g/mol. The minimum Gasteiger partial charge on any atom is -0.399 e. The summed E-state index contributed by atoms with van der Waals surface area (Å²) in [6.45, 7) is 5.16. The molecule has 6 heteroatoms. The van der Waals surface area contributed by atoms with Crippen LogP contribution in [0.2, 0.25) is 0 Å². The lowest BCUT2D eigenvalue weighted by Crippen LogP contribution is -2.16. The number of sulfonamides is 1. The van der Waals surface area contributed by atoms with E-state index in [2.05, 4.69) is 4.72 Å². The Hall–Kier alpha value is -2.08. The van der Waals surface area contributed by atoms with E-state index in [0.29, 0.717) is 22.5 Å². The predicted octanol–water partition coefficient (Wildman–Crippen LogP) is 3.13. The van der Waals surface area contributed by atoms with Gasteiger partial charge >= 0.3 is 0 Å². The van der Waals surface area contributed by atoms with Crippen molar-refractivity contribution in [3.05, 3.63) is 52.8 Å². The first-order valence-corrected chi connectivity index (χ1v) is 7.85. The second-order valence-corrected chi connectivity index (χ2v) is 6.68. The van der Waals surface area contributed by atoms with Gasteiger partial charge in [-0.25, -0.2) is 12.8 Å². The summed E-state index contributed by atoms with van der Waals surface area (Å²) in [6, 6.07) is 7.02. The monoisotopic (exact) mass is 308 g/mol. The van der Waals surface area contributed by atoms with Crippen molar-refractivity contribution in [3.8, 4) is 0 Å². The van der Waals surface area contributed by atoms with Crippen molar-refractivity contribution in [2.45, 2.75) is 25.7 Å². The Morgan fingerprint density at radius 3 is 2.33 bits per heavy atom. The van der Waals surface area contributed by atoms with Crippen molar-refractivity contribution < 1.29 is 12.8 Å². The van der Waals surface area contributed by atoms with E-state index in [4.69, 9.17) is 5.73 Å². The third kappa shape index (κ3) is 3.16. The molecule has 3 N–H and O–H groups in total. The van der Waals surface area contributed by atoms with Crippen molar-refractivity contribution in [2.75, 3.05) is 10.5 Å². The van der Waals surface area contributed by atoms with Gasteiger partial charge in [-0.1, -0.05) is 0 Å². The maximum atomic E-state index is 13.1. The average Bonchev–Trinajstić information content (AvgIpc) is 2.37. The van der Waals surface area contributed by atoms with Crippen LogP contribution < -0.4 is 10.5 Å². The van der Waals surface area contributed by atoms with Crippen LogP contribution in [0.15, 0.2) is 35.2 Å². The Labute approximate surface area is 123 Å². The second kappa shape index (κ2) is 5.37. The third-order valence-electron chi connectivity index (χ3n) is 3.36. The summed E-state index contributed by atoms with van der Waals surface area (Å²) in [5.74, 6) is -0.411. The number of benzene rings is 2. The van der Waals surface area contributed by atoms with Gasteiger partial charge in [0.25, 0.3) is 10.0 Å². The summed E-state index contributed by atoms with van der Waals surface area (Å²) in [6.07, 6.45) is 0. The largest absolute Gasteiger partial charge is 0.399 e. The molecule has 0 heterocycles. The van der Waals surface area contributed by atoms with E-state index >= 15 is 0 Å². The minimum atomic E-state index is -3.78. The fourth-order valence-corrected chi connectivity index (χ4v) is 3.56. The molecule has 0 saturated carbocycles. The Balaban J connectivity index is 2.48. The lowest BCUT2D eigenvalue weighted by Gasteiger charge is -2.14. The molecule has 0 fully saturated rings. The van der Waals surface area contributed by atoms with Crippen molar-refractivity contribution in [3.63, 3.8) is 0 Å². The fraction of sp³-hybridized carbons (Fsp3) is 0.200. The Bertz CT molecular complexity index is 802. The van der Waals surface area contributed by atoms with Crippen molar-refractivity contribution in [1.29, 1.82) is 0 Å². The molecule has 2 aromatic carbocycles. The number of nitrogens with two attached hydrogens (primary N) is 1. The van der Waals surface area contributed by atoms with Gasteiger partial charge in [-0.15, -0.1) is 0 Å². The quantitative estimate of drug-likeness (QED) is 0.856. The molecule has 0 aliphatic carbocycles. The predicted molar refractivity (Wildman–Crippen MR) is 82.3 cm³/mol. The third-order valence-corrected chi connectivity index (χ3v) is 4.86. The molecule has 0 amide bonds. The molecule has 4 nitrogen and oxygen atoms in total. The summed E-state index contributed by atoms with van der Waals surface area (Å²) in [4.78, 5) is 0.128. The number of hydrogen-bond donors (Lipinski definition) is 2. The zero-order valence-corrected chi connectivity index (χ0v) is 12.9. The minimum absolute atomic E-state index is 0.128. The summed E-state index contributed by atoms with van der Waals surface area (Å²) in [5, 5.41) is 0. The van der Waals surface area contributed by atoms with E-state index in [0.717, 1.165) is 5.56 Å². The van der Waals surface area contributed by atoms with Crippen LogP contribution in [0.3, 0.4) is 0 Å². The molecule has 112 valence electrons. The molecule has 2 rings (SSSR count). The van der Waals surface area contributed by atoms with E-state index in [1.54, 1.807) is 26.8 Å². The van der Waals surface area contributed by atoms with Crippen LogP contribution in [0.25, 0.3) is 0 Å². The molecule has 0 spiro atoms. The lowest BCUT2D eigenvalue weighted by molar-refractivity contribution is 0.600. The molecular formula is C15H17FN2O2S. The highest BCUT2D eigenvalue weighted by molar-refractivity contribution is 7.92. The Morgan fingerprint density at radius 1 is 1.05 bits per heavy atom. The normalized spacial score (nSPS) is 11.4. The van der Waals surface area contributed by atoms with Crippen LogP contribution in [0, 0.1) is 26.6 Å². The summed E-state index contributed by atoms with van der Waals surface area (Å²) >= 11 is 0. The maximum absolute atomic E-state index is 13.1. The molecule has 0 atom stereocenters. The van der Waals surface area contributed by atoms with Gasteiger partial charge in [0, 0.05) is 5.69 Å². The zero-order chi connectivity index (χ0) is 15.8. The first-order chi connectivity index (χ1) is 9.70. The number of nitrogen functional groups attached to an aromatic ring is 1. The highest BCUT2D eigenvalue weighted by Crippen LogP contribution is 2.26. The van der Waals surface area contributed by atoms with Crippen molar-refractivity contribution >= 4 is 21.4 Å². The fourth-order valence-electron chi connectivity index (χ4n) is 2.07. The molecule has 21 heavy (non-hydrogen) atoms. The number of hydrogen-bond acceptors (Lipinski definition) is 3. The van der Waals surface area contributed by atoms with Gasteiger partial charge in [-0.3, -0.25) is 4.72 Å². The van der Waals surface area contributed by atoms with Crippen LogP contribution >= 0.6 is 0 Å². The summed E-state index contributed by atoms with van der Waals surface area (Å²) in [7, 11) is -3.78. The molecule has 0 unspecified atom stereocenters. The molecule has 0 radical (unpaired) electrons. The maximum Gasteiger partial charge on any atom is 0.262 e. The van der Waals surface area contributed by atoms with Crippen LogP contribution in [0.1, 0.15) is 16.7 Å². The molecule has 2 aromatic rings. The van der Waals surface area contributed by atoms with Crippen LogP contribution in [-0.4, -0.2) is 8.42 Å². The smallest absolute Gasteiger partial charge is 0.262 e. The number of halogens is 1. The van der Waals surface area contributed by atoms with Crippen molar-refractivity contribution in [1.82, 2.24) is 0 Å². The molecule has 0 aliphatic heterocycles. The molecule has 0 bridgehead atoms. The number of nitrogens with one attached hydrogen (secondary N) is 1. The van der Waals surface area contributed by atoms with Gasteiger partial charge < -0.3 is 5.73 Å². The summed E-state index contributed by atoms with van der Waals surface area (Å²) in [5.41, 5.74) is 8.40. The number of anilines is 2. The van der Waals surface area contributed by atoms with Gasteiger partial charge in [-0.05, 0) is 67.8 Å². The van der Waals surface area contributed by atoms with Crippen molar-refractivity contribution in [2.24, 2.45) is 0 Å². The number of rotatable bonds is 3. The van der Waals surface area contributed by atoms with Gasteiger partial charge in [0.05, 0.1) is 10.6 Å². The van der Waals surface area contributed by atoms with Crippen LogP contribution in [0.5, 0.6) is 0 Å². The molecule has 0 aliphatic rings. The van der Waals surface area contributed by atoms with Crippen LogP contribution in [-0.2, 0) is 10.0 Å². The van der Waals surface area contributed by atoms with Gasteiger partial charge in [-0.2, -0.15) is 0 Å². The SMILES string of the molecule is Cc1cc(F)ccc1NS(=O)(=O)c1cc(N)cc(C)c1C. The molecule has 0 aromatic heterocycles.